The van der Waals surface area contributed by atoms with E-state index in [1.54, 1.807) is 6.07 Å². The Hall–Kier alpha value is -1.69. The van der Waals surface area contributed by atoms with Crippen molar-refractivity contribution >= 4 is 21.8 Å². The molecule has 0 bridgehead atoms. The normalized spacial score (nSPS) is 11.8. The SMILES string of the molecule is FC=C(F)c1c(F)cc(-c2ccc(CBr)cc2F)cc1F. The van der Waals surface area contributed by atoms with Crippen LogP contribution in [0.15, 0.2) is 36.7 Å². The van der Waals surface area contributed by atoms with E-state index in [0.717, 1.165) is 12.1 Å². The van der Waals surface area contributed by atoms with Crippen molar-refractivity contribution in [2.24, 2.45) is 0 Å². The van der Waals surface area contributed by atoms with Crippen molar-refractivity contribution in [1.29, 1.82) is 0 Å². The first-order chi connectivity index (χ1) is 9.97. The molecule has 0 nitrogen and oxygen atoms in total. The molecule has 0 heterocycles. The zero-order valence-corrected chi connectivity index (χ0v) is 12.0. The van der Waals surface area contributed by atoms with Crippen LogP contribution in [0.4, 0.5) is 22.0 Å². The second-order valence-corrected chi connectivity index (χ2v) is 4.78. The fourth-order valence-corrected chi connectivity index (χ4v) is 2.24. The Labute approximate surface area is 126 Å². The smallest absolute Gasteiger partial charge is 0.164 e. The standard InChI is InChI=1S/C15H8BrF5/c16-6-8-1-2-10(11(18)3-8)9-4-12(19)15(13(20)5-9)14(21)7-17/h1-5,7H,6H2. The van der Waals surface area contributed by atoms with Gasteiger partial charge in [-0.05, 0) is 29.3 Å². The molecule has 21 heavy (non-hydrogen) atoms. The largest absolute Gasteiger partial charge is 0.212 e. The van der Waals surface area contributed by atoms with Gasteiger partial charge in [0.05, 0.1) is 5.56 Å². The number of hydrogen-bond donors (Lipinski definition) is 0. The number of rotatable bonds is 3. The monoisotopic (exact) mass is 362 g/mol. The first-order valence-electron chi connectivity index (χ1n) is 5.78. The van der Waals surface area contributed by atoms with Crippen LogP contribution in [-0.2, 0) is 5.33 Å². The molecule has 0 aliphatic rings. The Kier molecular flexibility index (Phi) is 4.77. The van der Waals surface area contributed by atoms with Crippen molar-refractivity contribution in [2.45, 2.75) is 5.33 Å². The van der Waals surface area contributed by atoms with Gasteiger partial charge in [0.25, 0.3) is 0 Å². The minimum absolute atomic E-state index is 0.0336. The van der Waals surface area contributed by atoms with Gasteiger partial charge in [-0.15, -0.1) is 0 Å². The van der Waals surface area contributed by atoms with E-state index in [4.69, 9.17) is 0 Å². The molecule has 0 spiro atoms. The molecular formula is C15H8BrF5. The Morgan fingerprint density at radius 1 is 1.00 bits per heavy atom. The number of halogens is 6. The van der Waals surface area contributed by atoms with Crippen LogP contribution in [0.1, 0.15) is 11.1 Å². The quantitative estimate of drug-likeness (QED) is 0.470. The van der Waals surface area contributed by atoms with Gasteiger partial charge in [0.1, 0.15) is 23.8 Å². The summed E-state index contributed by atoms with van der Waals surface area (Å²) in [6.07, 6.45) is -0.535. The van der Waals surface area contributed by atoms with Crippen LogP contribution in [0.5, 0.6) is 0 Å². The molecule has 0 radical (unpaired) electrons. The lowest BCUT2D eigenvalue weighted by atomic mass is 10.0. The van der Waals surface area contributed by atoms with E-state index < -0.39 is 35.2 Å². The first kappa shape index (κ1) is 15.7. The molecule has 0 atom stereocenters. The highest BCUT2D eigenvalue weighted by atomic mass is 79.9. The minimum Gasteiger partial charge on any atom is -0.212 e. The summed E-state index contributed by atoms with van der Waals surface area (Å²) in [5, 5.41) is 0.429. The summed E-state index contributed by atoms with van der Waals surface area (Å²) in [7, 11) is 0. The van der Waals surface area contributed by atoms with E-state index in [1.165, 1.54) is 12.1 Å². The number of alkyl halides is 1. The van der Waals surface area contributed by atoms with Gasteiger partial charge in [0, 0.05) is 10.9 Å². The Balaban J connectivity index is 2.57. The molecule has 110 valence electrons. The van der Waals surface area contributed by atoms with Gasteiger partial charge >= 0.3 is 0 Å². The second kappa shape index (κ2) is 6.39. The van der Waals surface area contributed by atoms with E-state index in [9.17, 15) is 22.0 Å². The molecular weight excluding hydrogens is 355 g/mol. The maximum Gasteiger partial charge on any atom is 0.164 e. The fraction of sp³-hybridized carbons (Fsp3) is 0.0667. The van der Waals surface area contributed by atoms with Crippen LogP contribution in [-0.4, -0.2) is 0 Å². The zero-order valence-electron chi connectivity index (χ0n) is 10.4. The molecule has 0 N–H and O–H groups in total. The van der Waals surface area contributed by atoms with Crippen molar-refractivity contribution in [3.63, 3.8) is 0 Å². The Morgan fingerprint density at radius 2 is 1.62 bits per heavy atom. The minimum atomic E-state index is -1.66. The van der Waals surface area contributed by atoms with Crippen molar-refractivity contribution in [3.05, 3.63) is 65.2 Å². The van der Waals surface area contributed by atoms with Crippen LogP contribution >= 0.6 is 15.9 Å². The Bertz CT molecular complexity index is 686. The van der Waals surface area contributed by atoms with Crippen molar-refractivity contribution in [1.82, 2.24) is 0 Å². The predicted octanol–water partition coefficient (Wildman–Crippen LogP) is 5.90. The van der Waals surface area contributed by atoms with Crippen LogP contribution in [0, 0.1) is 17.5 Å². The topological polar surface area (TPSA) is 0 Å². The van der Waals surface area contributed by atoms with Gasteiger partial charge in [-0.3, -0.25) is 0 Å². The second-order valence-electron chi connectivity index (χ2n) is 4.22. The molecule has 0 unspecified atom stereocenters. The van der Waals surface area contributed by atoms with Crippen LogP contribution in [0.25, 0.3) is 17.0 Å². The van der Waals surface area contributed by atoms with Crippen molar-refractivity contribution in [2.75, 3.05) is 0 Å². The molecule has 2 aromatic rings. The van der Waals surface area contributed by atoms with E-state index in [2.05, 4.69) is 15.9 Å². The first-order valence-corrected chi connectivity index (χ1v) is 6.90. The molecule has 6 heteroatoms. The molecule has 2 aromatic carbocycles. The maximum atomic E-state index is 13.9. The zero-order chi connectivity index (χ0) is 15.6. The lowest BCUT2D eigenvalue weighted by Gasteiger charge is -2.08. The lowest BCUT2D eigenvalue weighted by molar-refractivity contribution is 0.561. The summed E-state index contributed by atoms with van der Waals surface area (Å²) in [5.41, 5.74) is -0.591. The van der Waals surface area contributed by atoms with Gasteiger partial charge in [-0.2, -0.15) is 0 Å². The molecule has 2 rings (SSSR count). The molecule has 0 saturated carbocycles. The molecule has 0 saturated heterocycles. The summed E-state index contributed by atoms with van der Waals surface area (Å²) in [5.74, 6) is -4.94. The highest BCUT2D eigenvalue weighted by molar-refractivity contribution is 9.08. The predicted molar refractivity (Wildman–Crippen MR) is 74.6 cm³/mol. The summed E-state index contributed by atoms with van der Waals surface area (Å²) in [6, 6.07) is 5.68. The average Bonchev–Trinajstić information content (AvgIpc) is 2.45. The summed E-state index contributed by atoms with van der Waals surface area (Å²) < 4.78 is 66.4. The van der Waals surface area contributed by atoms with Gasteiger partial charge in [0.15, 0.2) is 5.83 Å². The summed E-state index contributed by atoms with van der Waals surface area (Å²) >= 11 is 3.16. The third kappa shape index (κ3) is 3.15. The summed E-state index contributed by atoms with van der Waals surface area (Å²) in [4.78, 5) is 0. The van der Waals surface area contributed by atoms with E-state index >= 15 is 0 Å². The molecule has 0 aliphatic carbocycles. The van der Waals surface area contributed by atoms with E-state index in [1.807, 2.05) is 0 Å². The lowest BCUT2D eigenvalue weighted by Crippen LogP contribution is -1.95. The summed E-state index contributed by atoms with van der Waals surface area (Å²) in [6.45, 7) is 0. The highest BCUT2D eigenvalue weighted by Crippen LogP contribution is 2.31. The average molecular weight is 363 g/mol. The Morgan fingerprint density at radius 3 is 2.10 bits per heavy atom. The van der Waals surface area contributed by atoms with Crippen LogP contribution < -0.4 is 0 Å². The van der Waals surface area contributed by atoms with E-state index in [-0.39, 0.29) is 11.1 Å². The third-order valence-corrected chi connectivity index (χ3v) is 3.52. The van der Waals surface area contributed by atoms with Crippen molar-refractivity contribution in [3.8, 4) is 11.1 Å². The van der Waals surface area contributed by atoms with Crippen LogP contribution in [0.2, 0.25) is 0 Å². The maximum absolute atomic E-state index is 13.9. The highest BCUT2D eigenvalue weighted by Gasteiger charge is 2.17. The molecule has 0 fully saturated rings. The third-order valence-electron chi connectivity index (χ3n) is 2.88. The van der Waals surface area contributed by atoms with Gasteiger partial charge in [-0.1, -0.05) is 28.1 Å². The molecule has 0 aliphatic heterocycles. The fourth-order valence-electron chi connectivity index (χ4n) is 1.89. The number of hydrogen-bond acceptors (Lipinski definition) is 0. The molecule has 0 aromatic heterocycles. The van der Waals surface area contributed by atoms with Gasteiger partial charge < -0.3 is 0 Å². The number of benzene rings is 2. The van der Waals surface area contributed by atoms with Gasteiger partial charge in [0.2, 0.25) is 0 Å². The van der Waals surface area contributed by atoms with Gasteiger partial charge in [-0.25, -0.2) is 22.0 Å². The van der Waals surface area contributed by atoms with E-state index in [0.29, 0.717) is 10.9 Å². The molecule has 0 amide bonds. The van der Waals surface area contributed by atoms with Crippen LogP contribution in [0.3, 0.4) is 0 Å². The van der Waals surface area contributed by atoms with Crippen molar-refractivity contribution < 1.29 is 22.0 Å².